The Balaban J connectivity index is 4.64. The van der Waals surface area contributed by atoms with E-state index in [4.69, 9.17) is 0 Å². The standard InChI is InChI=1S/C12H24F2/c1-7-10(3,4)9-12(13,14)11(5,6)8-2/h7-9H2,1-6H3. The van der Waals surface area contributed by atoms with Gasteiger partial charge >= 0.3 is 0 Å². The van der Waals surface area contributed by atoms with Gasteiger partial charge in [0.15, 0.2) is 0 Å². The molecule has 0 saturated carbocycles. The first-order chi connectivity index (χ1) is 6.08. The smallest absolute Gasteiger partial charge is 0.206 e. The number of rotatable bonds is 5. The molecular weight excluding hydrogens is 182 g/mol. The summed E-state index contributed by atoms with van der Waals surface area (Å²) < 4.78 is 27.8. The third kappa shape index (κ3) is 3.21. The minimum Gasteiger partial charge on any atom is -0.206 e. The number of hydrogen-bond donors (Lipinski definition) is 0. The van der Waals surface area contributed by atoms with Gasteiger partial charge in [0.05, 0.1) is 0 Å². The average molecular weight is 206 g/mol. The van der Waals surface area contributed by atoms with Crippen molar-refractivity contribution in [2.75, 3.05) is 0 Å². The van der Waals surface area contributed by atoms with E-state index in [1.807, 2.05) is 27.7 Å². The second kappa shape index (κ2) is 4.16. The van der Waals surface area contributed by atoms with Crippen molar-refractivity contribution in [2.45, 2.75) is 66.7 Å². The Morgan fingerprint density at radius 2 is 1.29 bits per heavy atom. The first-order valence-corrected chi connectivity index (χ1v) is 5.46. The summed E-state index contributed by atoms with van der Waals surface area (Å²) in [5.74, 6) is -2.57. The van der Waals surface area contributed by atoms with Crippen molar-refractivity contribution in [3.8, 4) is 0 Å². The molecular formula is C12H24F2. The van der Waals surface area contributed by atoms with E-state index in [0.29, 0.717) is 6.42 Å². The minimum absolute atomic E-state index is 0.0165. The zero-order valence-electron chi connectivity index (χ0n) is 10.4. The van der Waals surface area contributed by atoms with Crippen LogP contribution >= 0.6 is 0 Å². The van der Waals surface area contributed by atoms with E-state index in [0.717, 1.165) is 6.42 Å². The van der Waals surface area contributed by atoms with E-state index < -0.39 is 11.3 Å². The number of halogens is 2. The molecule has 0 aliphatic carbocycles. The van der Waals surface area contributed by atoms with Crippen LogP contribution in [-0.2, 0) is 0 Å². The van der Waals surface area contributed by atoms with Gasteiger partial charge in [-0.1, -0.05) is 48.0 Å². The fourth-order valence-electron chi connectivity index (χ4n) is 1.22. The molecule has 0 atom stereocenters. The lowest BCUT2D eigenvalue weighted by Gasteiger charge is -2.38. The Morgan fingerprint density at radius 1 is 0.857 bits per heavy atom. The van der Waals surface area contributed by atoms with Gasteiger partial charge in [-0.25, -0.2) is 8.78 Å². The van der Waals surface area contributed by atoms with Crippen LogP contribution in [0.5, 0.6) is 0 Å². The van der Waals surface area contributed by atoms with Gasteiger partial charge in [0.2, 0.25) is 0 Å². The number of hydrogen-bond acceptors (Lipinski definition) is 0. The zero-order valence-corrected chi connectivity index (χ0v) is 10.4. The quantitative estimate of drug-likeness (QED) is 0.601. The summed E-state index contributed by atoms with van der Waals surface area (Å²) in [4.78, 5) is 0. The molecule has 0 heterocycles. The zero-order chi connectivity index (χ0) is 11.6. The SMILES string of the molecule is CCC(C)(C)CC(F)(F)C(C)(C)CC. The van der Waals surface area contributed by atoms with Crippen molar-refractivity contribution < 1.29 is 8.78 Å². The predicted octanol–water partition coefficient (Wildman–Crippen LogP) is 4.88. The normalized spacial score (nSPS) is 14.6. The van der Waals surface area contributed by atoms with Gasteiger partial charge in [-0.05, 0) is 11.8 Å². The van der Waals surface area contributed by atoms with Gasteiger partial charge in [-0.3, -0.25) is 0 Å². The lowest BCUT2D eigenvalue weighted by molar-refractivity contribution is -0.133. The third-order valence-electron chi connectivity index (χ3n) is 3.53. The number of alkyl halides is 2. The first kappa shape index (κ1) is 13.9. The summed E-state index contributed by atoms with van der Waals surface area (Å²) in [5, 5.41) is 0. The Morgan fingerprint density at radius 3 is 1.57 bits per heavy atom. The average Bonchev–Trinajstić information content (AvgIpc) is 2.02. The molecule has 0 aliphatic heterocycles. The monoisotopic (exact) mass is 206 g/mol. The minimum atomic E-state index is -2.57. The molecule has 0 unspecified atom stereocenters. The van der Waals surface area contributed by atoms with Crippen molar-refractivity contribution in [3.63, 3.8) is 0 Å². The molecule has 0 radical (unpaired) electrons. The molecule has 86 valence electrons. The summed E-state index contributed by atoms with van der Waals surface area (Å²) in [7, 11) is 0. The van der Waals surface area contributed by atoms with Crippen molar-refractivity contribution in [1.29, 1.82) is 0 Å². The Labute approximate surface area is 87.1 Å². The van der Waals surface area contributed by atoms with E-state index in [2.05, 4.69) is 0 Å². The van der Waals surface area contributed by atoms with Crippen molar-refractivity contribution in [2.24, 2.45) is 10.8 Å². The van der Waals surface area contributed by atoms with Gasteiger partial charge in [-0.2, -0.15) is 0 Å². The molecule has 0 fully saturated rings. The van der Waals surface area contributed by atoms with Crippen LogP contribution in [0.25, 0.3) is 0 Å². The van der Waals surface area contributed by atoms with Crippen molar-refractivity contribution in [1.82, 2.24) is 0 Å². The molecule has 0 spiro atoms. The molecule has 0 N–H and O–H groups in total. The van der Waals surface area contributed by atoms with Crippen molar-refractivity contribution >= 4 is 0 Å². The van der Waals surface area contributed by atoms with Gasteiger partial charge in [-0.15, -0.1) is 0 Å². The van der Waals surface area contributed by atoms with Crippen LogP contribution in [0.2, 0.25) is 0 Å². The van der Waals surface area contributed by atoms with E-state index in [1.54, 1.807) is 13.8 Å². The second-order valence-electron chi connectivity index (χ2n) is 5.64. The molecule has 0 nitrogen and oxygen atoms in total. The van der Waals surface area contributed by atoms with Gasteiger partial charge in [0.25, 0.3) is 5.92 Å². The summed E-state index contributed by atoms with van der Waals surface area (Å²) in [6.07, 6.45) is 1.29. The third-order valence-corrected chi connectivity index (χ3v) is 3.53. The lowest BCUT2D eigenvalue weighted by atomic mass is 9.73. The van der Waals surface area contributed by atoms with E-state index >= 15 is 0 Å². The van der Waals surface area contributed by atoms with Crippen LogP contribution in [0.3, 0.4) is 0 Å². The van der Waals surface area contributed by atoms with Crippen LogP contribution < -0.4 is 0 Å². The maximum atomic E-state index is 13.9. The van der Waals surface area contributed by atoms with Gasteiger partial charge in [0.1, 0.15) is 0 Å². The summed E-state index contributed by atoms with van der Waals surface area (Å²) in [6.45, 7) is 10.9. The van der Waals surface area contributed by atoms with Crippen LogP contribution in [0, 0.1) is 10.8 Å². The maximum absolute atomic E-state index is 13.9. The van der Waals surface area contributed by atoms with Crippen LogP contribution in [0.4, 0.5) is 8.78 Å². The fourth-order valence-corrected chi connectivity index (χ4v) is 1.22. The summed E-state index contributed by atoms with van der Waals surface area (Å²) >= 11 is 0. The van der Waals surface area contributed by atoms with E-state index in [9.17, 15) is 8.78 Å². The largest absolute Gasteiger partial charge is 0.253 e. The summed E-state index contributed by atoms with van der Waals surface area (Å²) in [5.41, 5.74) is -1.16. The molecule has 0 rings (SSSR count). The highest BCUT2D eigenvalue weighted by molar-refractivity contribution is 4.88. The molecule has 14 heavy (non-hydrogen) atoms. The van der Waals surface area contributed by atoms with Crippen molar-refractivity contribution in [3.05, 3.63) is 0 Å². The molecule has 0 amide bonds. The maximum Gasteiger partial charge on any atom is 0.253 e. The molecule has 0 aromatic rings. The fraction of sp³-hybridized carbons (Fsp3) is 1.00. The Hall–Kier alpha value is -0.140. The molecule has 0 aliphatic rings. The van der Waals surface area contributed by atoms with E-state index in [-0.39, 0.29) is 11.8 Å². The molecule has 0 aromatic carbocycles. The molecule has 0 saturated heterocycles. The highest BCUT2D eigenvalue weighted by atomic mass is 19.3. The van der Waals surface area contributed by atoms with Gasteiger partial charge in [0, 0.05) is 11.8 Å². The van der Waals surface area contributed by atoms with Gasteiger partial charge < -0.3 is 0 Å². The highest BCUT2D eigenvalue weighted by Crippen LogP contribution is 2.46. The molecule has 0 bridgehead atoms. The highest BCUT2D eigenvalue weighted by Gasteiger charge is 2.47. The summed E-state index contributed by atoms with van der Waals surface area (Å²) in [6, 6.07) is 0. The van der Waals surface area contributed by atoms with Crippen LogP contribution in [-0.4, -0.2) is 5.92 Å². The molecule has 2 heteroatoms. The predicted molar refractivity (Wildman–Crippen MR) is 57.7 cm³/mol. The topological polar surface area (TPSA) is 0 Å². The lowest BCUT2D eigenvalue weighted by Crippen LogP contribution is -2.39. The van der Waals surface area contributed by atoms with E-state index in [1.165, 1.54) is 0 Å². The van der Waals surface area contributed by atoms with Crippen LogP contribution in [0.15, 0.2) is 0 Å². The Kier molecular flexibility index (Phi) is 4.12. The molecule has 0 aromatic heterocycles. The Bertz CT molecular complexity index is 181. The second-order valence-corrected chi connectivity index (χ2v) is 5.64. The van der Waals surface area contributed by atoms with Crippen LogP contribution in [0.1, 0.15) is 60.8 Å². The first-order valence-electron chi connectivity index (χ1n) is 5.46.